The first kappa shape index (κ1) is 16.5. The standard InChI is InChI=1S/C21H21N3O2/c1-14-8-3-5-10-16(14)19-22-20(26-23-19)18-12-7-13-24(18)21(25)17-11-6-4-9-15(17)2/h3-6,8-11,18H,7,12-13H2,1-2H3. The molecule has 1 aliphatic rings. The molecule has 2 aromatic carbocycles. The third-order valence-corrected chi connectivity index (χ3v) is 5.00. The molecule has 1 aliphatic heterocycles. The molecule has 26 heavy (non-hydrogen) atoms. The van der Waals surface area contributed by atoms with Crippen LogP contribution in [0.25, 0.3) is 11.4 Å². The molecular formula is C21H21N3O2. The maximum atomic E-state index is 13.0. The minimum absolute atomic E-state index is 0.0289. The Morgan fingerprint density at radius 3 is 2.58 bits per heavy atom. The van der Waals surface area contributed by atoms with E-state index >= 15 is 0 Å². The van der Waals surface area contributed by atoms with Crippen molar-refractivity contribution in [2.24, 2.45) is 0 Å². The fourth-order valence-electron chi connectivity index (χ4n) is 3.54. The van der Waals surface area contributed by atoms with Crippen LogP contribution in [0.1, 0.15) is 46.3 Å². The number of carbonyl (C=O) groups is 1. The molecule has 0 radical (unpaired) electrons. The molecule has 0 N–H and O–H groups in total. The van der Waals surface area contributed by atoms with E-state index in [0.29, 0.717) is 18.3 Å². The molecule has 1 aromatic heterocycles. The summed E-state index contributed by atoms with van der Waals surface area (Å²) >= 11 is 0. The van der Waals surface area contributed by atoms with Crippen molar-refractivity contribution in [3.63, 3.8) is 0 Å². The van der Waals surface area contributed by atoms with E-state index in [-0.39, 0.29) is 11.9 Å². The lowest BCUT2D eigenvalue weighted by atomic mass is 10.1. The molecule has 2 heterocycles. The Balaban J connectivity index is 1.63. The molecule has 1 unspecified atom stereocenters. The number of benzene rings is 2. The molecule has 5 nitrogen and oxygen atoms in total. The summed E-state index contributed by atoms with van der Waals surface area (Å²) in [5.74, 6) is 1.12. The number of aromatic nitrogens is 2. The van der Waals surface area contributed by atoms with Crippen LogP contribution in [0.4, 0.5) is 0 Å². The lowest BCUT2D eigenvalue weighted by Crippen LogP contribution is -2.31. The maximum absolute atomic E-state index is 13.0. The van der Waals surface area contributed by atoms with Gasteiger partial charge in [-0.1, -0.05) is 47.6 Å². The molecule has 1 fully saturated rings. The molecule has 132 valence electrons. The van der Waals surface area contributed by atoms with Crippen LogP contribution in [-0.2, 0) is 0 Å². The van der Waals surface area contributed by atoms with Crippen molar-refractivity contribution < 1.29 is 9.32 Å². The van der Waals surface area contributed by atoms with Gasteiger partial charge in [0.25, 0.3) is 5.91 Å². The molecule has 1 amide bonds. The van der Waals surface area contributed by atoms with Crippen molar-refractivity contribution in [2.45, 2.75) is 32.7 Å². The Hall–Kier alpha value is -2.95. The summed E-state index contributed by atoms with van der Waals surface area (Å²) in [6.45, 7) is 4.69. The van der Waals surface area contributed by atoms with E-state index in [1.54, 1.807) is 0 Å². The van der Waals surface area contributed by atoms with Crippen molar-refractivity contribution in [1.29, 1.82) is 0 Å². The molecule has 0 bridgehead atoms. The van der Waals surface area contributed by atoms with Crippen molar-refractivity contribution in [3.05, 3.63) is 71.1 Å². The zero-order valence-electron chi connectivity index (χ0n) is 15.0. The zero-order chi connectivity index (χ0) is 18.1. The fraction of sp³-hybridized carbons (Fsp3) is 0.286. The first-order valence-electron chi connectivity index (χ1n) is 8.91. The maximum Gasteiger partial charge on any atom is 0.254 e. The Kier molecular flexibility index (Phi) is 4.29. The number of rotatable bonds is 3. The van der Waals surface area contributed by atoms with Crippen LogP contribution < -0.4 is 0 Å². The molecule has 3 aromatic rings. The van der Waals surface area contributed by atoms with Crippen LogP contribution in [0.15, 0.2) is 53.1 Å². The highest BCUT2D eigenvalue weighted by atomic mass is 16.5. The second-order valence-electron chi connectivity index (χ2n) is 6.74. The van der Waals surface area contributed by atoms with Crippen molar-refractivity contribution in [3.8, 4) is 11.4 Å². The topological polar surface area (TPSA) is 59.2 Å². The van der Waals surface area contributed by atoms with Gasteiger partial charge in [0, 0.05) is 17.7 Å². The average molecular weight is 347 g/mol. The molecule has 0 spiro atoms. The van der Waals surface area contributed by atoms with E-state index in [4.69, 9.17) is 4.52 Å². The third kappa shape index (κ3) is 2.90. The monoisotopic (exact) mass is 347 g/mol. The van der Waals surface area contributed by atoms with E-state index in [1.165, 1.54) is 0 Å². The average Bonchev–Trinajstić information content (AvgIpc) is 3.31. The summed E-state index contributed by atoms with van der Waals surface area (Å²) in [4.78, 5) is 19.5. The van der Waals surface area contributed by atoms with Crippen LogP contribution in [-0.4, -0.2) is 27.5 Å². The number of hydrogen-bond acceptors (Lipinski definition) is 4. The second kappa shape index (κ2) is 6.75. The summed E-state index contributed by atoms with van der Waals surface area (Å²) in [5.41, 5.74) is 3.77. The molecule has 1 atom stereocenters. The minimum Gasteiger partial charge on any atom is -0.337 e. The highest BCUT2D eigenvalue weighted by molar-refractivity contribution is 5.96. The zero-order valence-corrected chi connectivity index (χ0v) is 15.0. The van der Waals surface area contributed by atoms with Crippen molar-refractivity contribution >= 4 is 5.91 Å². The van der Waals surface area contributed by atoms with Gasteiger partial charge in [0.1, 0.15) is 6.04 Å². The number of hydrogen-bond donors (Lipinski definition) is 0. The first-order chi connectivity index (χ1) is 12.6. The van der Waals surface area contributed by atoms with Gasteiger partial charge in [-0.15, -0.1) is 0 Å². The summed E-state index contributed by atoms with van der Waals surface area (Å²) in [5, 5.41) is 4.15. The third-order valence-electron chi connectivity index (χ3n) is 5.00. The van der Waals surface area contributed by atoms with Gasteiger partial charge in [0.2, 0.25) is 11.7 Å². The Labute approximate surface area is 152 Å². The predicted molar refractivity (Wildman–Crippen MR) is 98.7 cm³/mol. The normalized spacial score (nSPS) is 16.8. The van der Waals surface area contributed by atoms with Gasteiger partial charge in [0.15, 0.2) is 0 Å². The van der Waals surface area contributed by atoms with Gasteiger partial charge in [-0.25, -0.2) is 0 Å². The van der Waals surface area contributed by atoms with Crippen molar-refractivity contribution in [1.82, 2.24) is 15.0 Å². The summed E-state index contributed by atoms with van der Waals surface area (Å²) in [6, 6.07) is 15.5. The summed E-state index contributed by atoms with van der Waals surface area (Å²) < 4.78 is 5.55. The highest BCUT2D eigenvalue weighted by Crippen LogP contribution is 2.34. The number of amides is 1. The number of likely N-dealkylation sites (tertiary alicyclic amines) is 1. The fourth-order valence-corrected chi connectivity index (χ4v) is 3.54. The van der Waals surface area contributed by atoms with Crippen LogP contribution in [0, 0.1) is 13.8 Å². The van der Waals surface area contributed by atoms with Gasteiger partial charge in [-0.05, 0) is 43.9 Å². The number of nitrogens with zero attached hydrogens (tertiary/aromatic N) is 3. The number of carbonyl (C=O) groups excluding carboxylic acids is 1. The van der Waals surface area contributed by atoms with Gasteiger partial charge < -0.3 is 9.42 Å². The first-order valence-corrected chi connectivity index (χ1v) is 8.91. The smallest absolute Gasteiger partial charge is 0.254 e. The van der Waals surface area contributed by atoms with E-state index < -0.39 is 0 Å². The Morgan fingerprint density at radius 1 is 1.08 bits per heavy atom. The van der Waals surface area contributed by atoms with E-state index in [2.05, 4.69) is 10.1 Å². The Morgan fingerprint density at radius 2 is 1.81 bits per heavy atom. The van der Waals surface area contributed by atoms with E-state index in [9.17, 15) is 4.79 Å². The van der Waals surface area contributed by atoms with Gasteiger partial charge in [-0.3, -0.25) is 4.79 Å². The molecule has 1 saturated heterocycles. The SMILES string of the molecule is Cc1ccccc1C(=O)N1CCCC1c1nc(-c2ccccc2C)no1. The van der Waals surface area contributed by atoms with E-state index in [0.717, 1.165) is 35.1 Å². The van der Waals surface area contributed by atoms with Gasteiger partial charge in [-0.2, -0.15) is 4.98 Å². The molecule has 5 heteroatoms. The summed E-state index contributed by atoms with van der Waals surface area (Å²) in [7, 11) is 0. The quantitative estimate of drug-likeness (QED) is 0.707. The molecule has 4 rings (SSSR count). The largest absolute Gasteiger partial charge is 0.337 e. The highest BCUT2D eigenvalue weighted by Gasteiger charge is 2.35. The lowest BCUT2D eigenvalue weighted by Gasteiger charge is -2.22. The molecule has 0 aliphatic carbocycles. The van der Waals surface area contributed by atoms with Crippen LogP contribution >= 0.6 is 0 Å². The number of aryl methyl sites for hydroxylation is 2. The van der Waals surface area contributed by atoms with E-state index in [1.807, 2.05) is 67.3 Å². The molecular weight excluding hydrogens is 326 g/mol. The van der Waals surface area contributed by atoms with Gasteiger partial charge in [0.05, 0.1) is 0 Å². The van der Waals surface area contributed by atoms with Crippen LogP contribution in [0.3, 0.4) is 0 Å². The lowest BCUT2D eigenvalue weighted by molar-refractivity contribution is 0.0709. The van der Waals surface area contributed by atoms with Crippen molar-refractivity contribution in [2.75, 3.05) is 6.54 Å². The molecule has 0 saturated carbocycles. The second-order valence-corrected chi connectivity index (χ2v) is 6.74. The van der Waals surface area contributed by atoms with Crippen LogP contribution in [0.5, 0.6) is 0 Å². The predicted octanol–water partition coefficient (Wildman–Crippen LogP) is 4.33. The van der Waals surface area contributed by atoms with Gasteiger partial charge >= 0.3 is 0 Å². The minimum atomic E-state index is -0.160. The summed E-state index contributed by atoms with van der Waals surface area (Å²) in [6.07, 6.45) is 1.78. The Bertz CT molecular complexity index is 948. The van der Waals surface area contributed by atoms with Crippen LogP contribution in [0.2, 0.25) is 0 Å².